The van der Waals surface area contributed by atoms with Gasteiger partial charge in [0.25, 0.3) is 5.91 Å². The van der Waals surface area contributed by atoms with E-state index in [0.29, 0.717) is 10.3 Å². The second-order valence-electron chi connectivity index (χ2n) is 13.8. The van der Waals surface area contributed by atoms with Gasteiger partial charge >= 0.3 is 13.3 Å². The number of thiophene rings is 1. The van der Waals surface area contributed by atoms with Crippen LogP contribution >= 0.6 is 18.9 Å². The molecule has 2 aliphatic heterocycles. The summed E-state index contributed by atoms with van der Waals surface area (Å²) in [6.45, 7) is 5.93. The fourth-order valence-corrected chi connectivity index (χ4v) is 7.91. The van der Waals surface area contributed by atoms with Crippen LogP contribution in [0.1, 0.15) is 58.8 Å². The Morgan fingerprint density at radius 1 is 1.00 bits per heavy atom. The third kappa shape index (κ3) is 7.33. The molecule has 2 aliphatic rings. The van der Waals surface area contributed by atoms with Crippen molar-refractivity contribution in [3.8, 4) is 0 Å². The van der Waals surface area contributed by atoms with Gasteiger partial charge in [-0.3, -0.25) is 18.9 Å². The molecule has 270 valence electrons. The van der Waals surface area contributed by atoms with Crippen LogP contribution in [0, 0.1) is 11.2 Å². The first kappa shape index (κ1) is 36.7. The van der Waals surface area contributed by atoms with Crippen molar-refractivity contribution in [1.29, 1.82) is 0 Å². The predicted octanol–water partition coefficient (Wildman–Crippen LogP) is 5.97. The SMILES string of the molecule is CC(C)(C)[C@H](NC(=O)c1cc2cc(C(F)(F)P(=O)(O)O)ccc2s1)C(=O)N1Cc2ccccc2C[C@H]1C(=O)N1CCOC(c2ccccc2F)C1. The van der Waals surface area contributed by atoms with Crippen LogP contribution < -0.4 is 5.32 Å². The van der Waals surface area contributed by atoms with E-state index in [4.69, 9.17) is 4.74 Å². The van der Waals surface area contributed by atoms with Crippen molar-refractivity contribution < 1.29 is 46.6 Å². The van der Waals surface area contributed by atoms with Crippen molar-refractivity contribution in [3.05, 3.63) is 106 Å². The van der Waals surface area contributed by atoms with Crippen LogP contribution in [0.5, 0.6) is 0 Å². The maximum absolute atomic E-state index is 14.7. The molecule has 3 amide bonds. The van der Waals surface area contributed by atoms with Crippen molar-refractivity contribution >= 4 is 46.7 Å². The van der Waals surface area contributed by atoms with Gasteiger partial charge in [0.1, 0.15) is 24.0 Å². The molecular weight excluding hydrogens is 706 g/mol. The van der Waals surface area contributed by atoms with Crippen molar-refractivity contribution in [2.75, 3.05) is 19.7 Å². The minimum Gasteiger partial charge on any atom is -0.370 e. The summed E-state index contributed by atoms with van der Waals surface area (Å²) < 4.78 is 61.2. The summed E-state index contributed by atoms with van der Waals surface area (Å²) in [4.78, 5) is 64.1. The molecule has 3 aromatic carbocycles. The number of hydrogen-bond acceptors (Lipinski definition) is 6. The monoisotopic (exact) mass is 743 g/mol. The molecule has 1 saturated heterocycles. The van der Waals surface area contributed by atoms with Gasteiger partial charge in [-0.05, 0) is 46.2 Å². The first-order chi connectivity index (χ1) is 24.0. The molecule has 6 rings (SSSR count). The Balaban J connectivity index is 1.27. The minimum atomic E-state index is -5.80. The van der Waals surface area contributed by atoms with Crippen molar-refractivity contribution in [2.24, 2.45) is 5.41 Å². The lowest BCUT2D eigenvalue weighted by Gasteiger charge is -2.43. The summed E-state index contributed by atoms with van der Waals surface area (Å²) in [5.74, 6) is -1.92. The van der Waals surface area contributed by atoms with Crippen LogP contribution in [0.3, 0.4) is 0 Å². The summed E-state index contributed by atoms with van der Waals surface area (Å²) in [5.41, 5.74) is -4.06. The highest BCUT2D eigenvalue weighted by molar-refractivity contribution is 7.52. The summed E-state index contributed by atoms with van der Waals surface area (Å²) in [5, 5.41) is 2.99. The number of amides is 3. The summed E-state index contributed by atoms with van der Waals surface area (Å²) in [6, 6.07) is 16.1. The predicted molar refractivity (Wildman–Crippen MR) is 185 cm³/mol. The first-order valence-corrected chi connectivity index (χ1v) is 18.7. The van der Waals surface area contributed by atoms with E-state index in [1.165, 1.54) is 23.1 Å². The molecule has 0 spiro atoms. The molecule has 15 heteroatoms. The summed E-state index contributed by atoms with van der Waals surface area (Å²) in [7, 11) is -5.80. The normalized spacial score (nSPS) is 19.1. The van der Waals surface area contributed by atoms with Gasteiger partial charge < -0.3 is 29.6 Å². The van der Waals surface area contributed by atoms with Gasteiger partial charge in [-0.25, -0.2) is 4.39 Å². The van der Waals surface area contributed by atoms with Gasteiger partial charge in [0, 0.05) is 35.3 Å². The third-order valence-electron chi connectivity index (χ3n) is 9.29. The average molecular weight is 744 g/mol. The molecular formula is C36H37F3N3O7PS. The van der Waals surface area contributed by atoms with E-state index in [0.717, 1.165) is 34.6 Å². The van der Waals surface area contributed by atoms with Crippen LogP contribution in [0.4, 0.5) is 13.2 Å². The number of carbonyl (C=O) groups is 3. The standard InChI is InChI=1S/C36H37F3N3O7PS/c1-35(2,3)31(40-32(43)30-18-23-16-24(12-13-29(23)51-30)36(38,39)50(46,47)48)34(45)42-19-22-9-5-4-8-21(22)17-27(42)33(44)41-14-15-49-28(20-41)25-10-6-7-11-26(25)37/h4-13,16,18,27-28,31H,14-15,17,19-20H2,1-3H3,(H,40,43)(H2,46,47,48)/t27-,28?,31+/m0/s1. The summed E-state index contributed by atoms with van der Waals surface area (Å²) >= 11 is 0.971. The van der Waals surface area contributed by atoms with E-state index >= 15 is 0 Å². The zero-order valence-electron chi connectivity index (χ0n) is 28.0. The Morgan fingerprint density at radius 3 is 2.37 bits per heavy atom. The number of ether oxygens (including phenoxy) is 1. The number of halogens is 3. The smallest absolute Gasteiger partial charge is 0.370 e. The molecule has 10 nitrogen and oxygen atoms in total. The number of carbonyl (C=O) groups excluding carboxylic acids is 3. The molecule has 0 radical (unpaired) electrons. The molecule has 0 aliphatic carbocycles. The molecule has 1 aromatic heterocycles. The number of hydrogen-bond donors (Lipinski definition) is 3. The maximum atomic E-state index is 14.7. The highest BCUT2D eigenvalue weighted by Crippen LogP contribution is 2.59. The quantitative estimate of drug-likeness (QED) is 0.199. The van der Waals surface area contributed by atoms with Crippen LogP contribution in [-0.4, -0.2) is 69.1 Å². The fourth-order valence-electron chi connectivity index (χ4n) is 6.49. The molecule has 0 bridgehead atoms. The highest BCUT2D eigenvalue weighted by atomic mass is 32.1. The zero-order valence-corrected chi connectivity index (χ0v) is 29.7. The van der Waals surface area contributed by atoms with Gasteiger partial charge in [-0.1, -0.05) is 69.3 Å². The fraction of sp³-hybridized carbons (Fsp3) is 0.361. The van der Waals surface area contributed by atoms with Crippen molar-refractivity contribution in [3.63, 3.8) is 0 Å². The molecule has 3 atom stereocenters. The third-order valence-corrected chi connectivity index (χ3v) is 11.4. The maximum Gasteiger partial charge on any atom is 0.399 e. The average Bonchev–Trinajstić information content (AvgIpc) is 3.52. The number of alkyl halides is 2. The van der Waals surface area contributed by atoms with Crippen molar-refractivity contribution in [2.45, 2.75) is 57.6 Å². The molecule has 0 saturated carbocycles. The highest BCUT2D eigenvalue weighted by Gasteiger charge is 2.50. The van der Waals surface area contributed by atoms with E-state index in [1.54, 1.807) is 43.9 Å². The van der Waals surface area contributed by atoms with E-state index < -0.39 is 60.1 Å². The number of fused-ring (bicyclic) bond motifs is 2. The lowest BCUT2D eigenvalue weighted by Crippen LogP contribution is -2.61. The molecule has 1 unspecified atom stereocenters. The van der Waals surface area contributed by atoms with E-state index in [2.05, 4.69) is 5.32 Å². The van der Waals surface area contributed by atoms with E-state index in [9.17, 15) is 41.9 Å². The number of morpholine rings is 1. The topological polar surface area (TPSA) is 136 Å². The van der Waals surface area contributed by atoms with Gasteiger partial charge in [0.05, 0.1) is 18.0 Å². The molecule has 3 heterocycles. The van der Waals surface area contributed by atoms with Crippen molar-refractivity contribution in [1.82, 2.24) is 15.1 Å². The Hall–Kier alpha value is -4.07. The minimum absolute atomic E-state index is 0.0904. The molecule has 1 fully saturated rings. The van der Waals surface area contributed by atoms with Gasteiger partial charge in [-0.15, -0.1) is 11.3 Å². The number of benzene rings is 3. The van der Waals surface area contributed by atoms with Gasteiger partial charge in [0.2, 0.25) is 11.8 Å². The van der Waals surface area contributed by atoms with Gasteiger partial charge in [0.15, 0.2) is 0 Å². The molecule has 51 heavy (non-hydrogen) atoms. The first-order valence-electron chi connectivity index (χ1n) is 16.3. The van der Waals surface area contributed by atoms with Crippen LogP contribution in [0.2, 0.25) is 0 Å². The summed E-state index contributed by atoms with van der Waals surface area (Å²) in [6.07, 6.45) is -0.462. The Bertz CT molecular complexity index is 2050. The van der Waals surface area contributed by atoms with E-state index in [-0.39, 0.29) is 48.8 Å². The largest absolute Gasteiger partial charge is 0.399 e. The van der Waals surface area contributed by atoms with Crippen LogP contribution in [0.15, 0.2) is 72.8 Å². The molecule has 3 N–H and O–H groups in total. The van der Waals surface area contributed by atoms with Crippen LogP contribution in [0.25, 0.3) is 10.1 Å². The Labute approximate surface area is 296 Å². The number of nitrogens with zero attached hydrogens (tertiary/aromatic N) is 2. The Morgan fingerprint density at radius 2 is 1.69 bits per heavy atom. The molecule has 4 aromatic rings. The van der Waals surface area contributed by atoms with Gasteiger partial charge in [-0.2, -0.15) is 8.78 Å². The second-order valence-corrected chi connectivity index (χ2v) is 16.6. The number of rotatable bonds is 7. The van der Waals surface area contributed by atoms with E-state index in [1.807, 2.05) is 24.3 Å². The zero-order chi connectivity index (χ0) is 36.9. The lowest BCUT2D eigenvalue weighted by atomic mass is 9.84. The lowest BCUT2D eigenvalue weighted by molar-refractivity contribution is -0.154. The van der Waals surface area contributed by atoms with Crippen LogP contribution in [-0.2, 0) is 37.5 Å². The number of nitrogens with one attached hydrogen (secondary N) is 1. The second kappa shape index (κ2) is 13.8. The Kier molecular flexibility index (Phi) is 9.94.